The molecule has 1 aliphatic rings. The second-order valence-electron chi connectivity index (χ2n) is 20.4. The van der Waals surface area contributed by atoms with Gasteiger partial charge in [-0.2, -0.15) is 0 Å². The molecule has 3 aromatic heterocycles. The predicted octanol–water partition coefficient (Wildman–Crippen LogP) is 8.09. The van der Waals surface area contributed by atoms with Crippen molar-refractivity contribution in [2.24, 2.45) is 0 Å². The van der Waals surface area contributed by atoms with Gasteiger partial charge in [0.25, 0.3) is 17.7 Å². The molecule has 4 atom stereocenters. The number of rotatable bonds is 19. The van der Waals surface area contributed by atoms with Crippen LogP contribution in [0, 0.1) is 13.8 Å². The lowest BCUT2D eigenvalue weighted by Crippen LogP contribution is -2.66. The first-order chi connectivity index (χ1) is 37.9. The number of carbonyl (C=O) groups excluding carboxylic acids is 6. The Balaban J connectivity index is 1.19. The zero-order valence-electron chi connectivity index (χ0n) is 46.7. The molecule has 6 aromatic rings. The third-order valence-electron chi connectivity index (χ3n) is 13.6. The summed E-state index contributed by atoms with van der Waals surface area (Å²) in [6.45, 7) is 22.0. The van der Waals surface area contributed by atoms with Crippen LogP contribution in [0.1, 0.15) is 127 Å². The highest BCUT2D eigenvalue weighted by atomic mass is 32.1. The molecule has 0 spiro atoms. The second-order valence-corrected chi connectivity index (χ2v) is 26.4. The summed E-state index contributed by atoms with van der Waals surface area (Å²) in [5.41, 5.74) is -1.20. The van der Waals surface area contributed by atoms with Crippen LogP contribution in [0.2, 0.25) is 10.6 Å². The van der Waals surface area contributed by atoms with Crippen LogP contribution in [0.15, 0.2) is 130 Å². The lowest BCUT2D eigenvalue weighted by Gasteiger charge is -2.47. The van der Waals surface area contributed by atoms with Gasteiger partial charge in [-0.15, -0.1) is 11.3 Å². The summed E-state index contributed by atoms with van der Waals surface area (Å²) >= 11 is 1.03. The van der Waals surface area contributed by atoms with E-state index in [9.17, 15) is 24.0 Å². The first-order valence-corrected chi connectivity index (χ1v) is 28.5. The number of allylic oxidation sites excluding steroid dienone is 2. The first kappa shape index (κ1) is 59.4. The standard InChI is InChI=1S/C58H66N8O12SSi/c1-14-41(51-63-44(35(4)76-51)48(68)59-34(3)55(71)74-13)60-47(67)43-32-79-54(62-43)53(73-12)65-49(69)45-36(5)77-52(64-45)42(30-33(2)80(57(7,8)9,39-26-20-16-21-27-39)40-28-22-17-23-29-40)61-50(70)46-37(6)78-58(10,11)66(46)56(72)75-31-38-24-18-15-19-25-38/h14-30,32-33,37,46,53H,3,31H2,1-2,4-13H3,(H,59,68)(H,60,67)(H,61,70)(H,65,69)/b41-14+,42-30-/t33-,37+,46-,53?/m0/s1. The van der Waals surface area contributed by atoms with E-state index < -0.39 is 67.9 Å². The molecule has 1 fully saturated rings. The number of thiazole rings is 1. The molecule has 22 heteroatoms. The fraction of sp³-hybridized carbons (Fsp3) is 0.328. The fourth-order valence-corrected chi connectivity index (χ4v) is 17.3. The van der Waals surface area contributed by atoms with E-state index in [-0.39, 0.29) is 79.7 Å². The number of nitrogens with zero attached hydrogens (tertiary/aromatic N) is 4. The van der Waals surface area contributed by atoms with Crippen LogP contribution in [-0.2, 0) is 35.1 Å². The molecule has 1 saturated heterocycles. The molecule has 0 radical (unpaired) electrons. The van der Waals surface area contributed by atoms with Crippen molar-refractivity contribution in [2.75, 3.05) is 14.2 Å². The van der Waals surface area contributed by atoms with Gasteiger partial charge < -0.3 is 49.0 Å². The Labute approximate surface area is 469 Å². The van der Waals surface area contributed by atoms with Crippen molar-refractivity contribution < 1.29 is 56.5 Å². The van der Waals surface area contributed by atoms with Crippen molar-refractivity contribution in [3.8, 4) is 0 Å². The lowest BCUT2D eigenvalue weighted by molar-refractivity contribution is -0.136. The molecular formula is C58H66N8O12SSi. The number of aryl methyl sites for hydroxylation is 2. The van der Waals surface area contributed by atoms with Gasteiger partial charge in [0.15, 0.2) is 17.6 Å². The number of aromatic nitrogens is 3. The number of methoxy groups -OCH3 is 2. The molecule has 20 nitrogen and oxygen atoms in total. The summed E-state index contributed by atoms with van der Waals surface area (Å²) in [6, 6.07) is 28.6. The summed E-state index contributed by atoms with van der Waals surface area (Å²) in [7, 11) is -0.470. The Morgan fingerprint density at radius 3 is 1.89 bits per heavy atom. The lowest BCUT2D eigenvalue weighted by atomic mass is 10.1. The van der Waals surface area contributed by atoms with E-state index in [1.807, 2.05) is 72.8 Å². The van der Waals surface area contributed by atoms with E-state index >= 15 is 4.79 Å². The van der Waals surface area contributed by atoms with Crippen molar-refractivity contribution in [2.45, 2.75) is 111 Å². The number of carbonyl (C=O) groups is 6. The maximum absolute atomic E-state index is 15.0. The van der Waals surface area contributed by atoms with E-state index in [4.69, 9.17) is 28.0 Å². The van der Waals surface area contributed by atoms with Gasteiger partial charge in [0.05, 0.1) is 13.2 Å². The van der Waals surface area contributed by atoms with Gasteiger partial charge in [-0.05, 0) is 57.7 Å². The third-order valence-corrected chi connectivity index (χ3v) is 20.9. The summed E-state index contributed by atoms with van der Waals surface area (Å²) in [5, 5.41) is 14.5. The molecule has 0 bridgehead atoms. The molecular weight excluding hydrogens is 1060 g/mol. The van der Waals surface area contributed by atoms with Crippen molar-refractivity contribution in [3.05, 3.63) is 172 Å². The Hall–Kier alpha value is -8.31. The topological polar surface area (TPSA) is 256 Å². The second kappa shape index (κ2) is 24.8. The number of amides is 5. The van der Waals surface area contributed by atoms with Crippen molar-refractivity contribution in [1.29, 1.82) is 0 Å². The summed E-state index contributed by atoms with van der Waals surface area (Å²) in [6.07, 6.45) is 0.695. The summed E-state index contributed by atoms with van der Waals surface area (Å²) < 4.78 is 34.4. The highest BCUT2D eigenvalue weighted by Gasteiger charge is 2.54. The van der Waals surface area contributed by atoms with E-state index in [1.165, 1.54) is 30.4 Å². The van der Waals surface area contributed by atoms with E-state index in [0.717, 1.165) is 34.4 Å². The molecule has 1 aliphatic heterocycles. The van der Waals surface area contributed by atoms with E-state index in [0.29, 0.717) is 0 Å². The number of hydrogen-bond donors (Lipinski definition) is 4. The van der Waals surface area contributed by atoms with Gasteiger partial charge in [-0.1, -0.05) is 148 Å². The van der Waals surface area contributed by atoms with Crippen LogP contribution < -0.4 is 31.6 Å². The Kier molecular flexibility index (Phi) is 18.4. The van der Waals surface area contributed by atoms with Crippen LogP contribution in [0.3, 0.4) is 0 Å². The van der Waals surface area contributed by atoms with Crippen molar-refractivity contribution >= 4 is 76.9 Å². The molecule has 420 valence electrons. The zero-order chi connectivity index (χ0) is 58.3. The molecule has 7 rings (SSSR count). The third kappa shape index (κ3) is 12.6. The van der Waals surface area contributed by atoms with Crippen molar-refractivity contribution in [1.82, 2.24) is 41.1 Å². The predicted molar refractivity (Wildman–Crippen MR) is 302 cm³/mol. The quantitative estimate of drug-likeness (QED) is 0.0259. The number of ether oxygens (including phenoxy) is 4. The minimum absolute atomic E-state index is 0.0355. The molecule has 4 heterocycles. The molecule has 4 N–H and O–H groups in total. The molecule has 1 unspecified atom stereocenters. The average molecular weight is 1130 g/mol. The fourth-order valence-electron chi connectivity index (χ4n) is 10.1. The SMILES string of the molecule is C=C(NC(=O)c1nc(/C(=C\C)NC(=O)c2csc(C(NC(=O)c3nc(/C(=C/[C@H](C)[Si](c4ccccc4)(c4ccccc4)C(C)(C)C)NC(=O)[C@@H]4[C@@H](C)OC(C)(C)N4C(=O)OCc4ccccc4)oc3C)OC)n2)oc1C)C(=O)OC. The number of esters is 1. The van der Waals surface area contributed by atoms with Crippen LogP contribution in [0.25, 0.3) is 11.4 Å². The Morgan fingerprint density at radius 1 is 0.800 bits per heavy atom. The monoisotopic (exact) mass is 1130 g/mol. The van der Waals surface area contributed by atoms with Crippen LogP contribution in [0.4, 0.5) is 4.79 Å². The van der Waals surface area contributed by atoms with Gasteiger partial charge >= 0.3 is 12.1 Å². The zero-order valence-corrected chi connectivity index (χ0v) is 48.5. The number of oxazole rings is 2. The van der Waals surface area contributed by atoms with Gasteiger partial charge in [0.1, 0.15) is 65.8 Å². The van der Waals surface area contributed by atoms with Crippen molar-refractivity contribution in [3.63, 3.8) is 0 Å². The number of benzene rings is 3. The van der Waals surface area contributed by atoms with Crippen LogP contribution in [0.5, 0.6) is 0 Å². The summed E-state index contributed by atoms with van der Waals surface area (Å²) in [4.78, 5) is 96.4. The minimum atomic E-state index is -2.96. The molecule has 80 heavy (non-hydrogen) atoms. The smallest absolute Gasteiger partial charge is 0.413 e. The van der Waals surface area contributed by atoms with Gasteiger partial charge in [0, 0.05) is 12.5 Å². The number of hydrogen-bond acceptors (Lipinski definition) is 16. The minimum Gasteiger partial charge on any atom is -0.464 e. The van der Waals surface area contributed by atoms with Gasteiger partial charge in [0.2, 0.25) is 17.7 Å². The normalized spacial score (nSPS) is 16.3. The maximum atomic E-state index is 15.0. The van der Waals surface area contributed by atoms with E-state index in [2.05, 4.69) is 94.5 Å². The average Bonchev–Trinajstić information content (AvgIpc) is 4.32. The van der Waals surface area contributed by atoms with Crippen LogP contribution >= 0.6 is 11.3 Å². The highest BCUT2D eigenvalue weighted by molar-refractivity contribution is 7.10. The number of nitrogens with one attached hydrogen (secondary N) is 4. The summed E-state index contributed by atoms with van der Waals surface area (Å²) in [5.74, 6) is -3.64. The highest BCUT2D eigenvalue weighted by Crippen LogP contribution is 2.45. The van der Waals surface area contributed by atoms with Crippen LogP contribution in [-0.4, -0.2) is 95.7 Å². The van der Waals surface area contributed by atoms with Gasteiger partial charge in [-0.3, -0.25) is 24.1 Å². The largest absolute Gasteiger partial charge is 0.464 e. The molecule has 3 aromatic carbocycles. The molecule has 0 aliphatic carbocycles. The Bertz CT molecular complexity index is 3290. The molecule has 0 saturated carbocycles. The van der Waals surface area contributed by atoms with E-state index in [1.54, 1.807) is 34.6 Å². The Morgan fingerprint density at radius 2 is 1.35 bits per heavy atom. The maximum Gasteiger partial charge on any atom is 0.413 e. The molecule has 5 amide bonds. The first-order valence-electron chi connectivity index (χ1n) is 25.6. The van der Waals surface area contributed by atoms with Gasteiger partial charge in [-0.25, -0.2) is 24.5 Å².